The van der Waals surface area contributed by atoms with Gasteiger partial charge in [-0.15, -0.1) is 0 Å². The lowest BCUT2D eigenvalue weighted by Crippen LogP contribution is -2.29. The van der Waals surface area contributed by atoms with E-state index in [1.54, 1.807) is 11.6 Å². The molecule has 2 aromatic heterocycles. The molecule has 0 bridgehead atoms. The Morgan fingerprint density at radius 1 is 1.03 bits per heavy atom. The zero-order valence-corrected chi connectivity index (χ0v) is 20.3. The number of carboxylic acid groups (broad SMARTS) is 1. The number of benzene rings is 2. The number of aliphatic carboxylic acids is 1. The van der Waals surface area contributed by atoms with Gasteiger partial charge in [-0.05, 0) is 58.4 Å². The Labute approximate surface area is 199 Å². The summed E-state index contributed by atoms with van der Waals surface area (Å²) in [6.07, 6.45) is -1.22. The van der Waals surface area contributed by atoms with Gasteiger partial charge in [0.15, 0.2) is 11.8 Å². The third-order valence-electron chi connectivity index (χ3n) is 5.53. The molecule has 1 atom stereocenters. The molecule has 7 nitrogen and oxygen atoms in total. The van der Waals surface area contributed by atoms with Crippen molar-refractivity contribution >= 4 is 11.6 Å². The van der Waals surface area contributed by atoms with E-state index in [2.05, 4.69) is 0 Å². The largest absolute Gasteiger partial charge is 0.496 e. The standard InChI is InChI=1S/C27H29N3O4/c1-16-14-19(12-13-21(16)33-6)24-23(25(26(31)32)34-27(3,4)5)17(2)28-22-15-20(29-30(22)24)18-10-8-7-9-11-18/h7-15,25H,1-6H3,(H,31,32). The molecule has 34 heavy (non-hydrogen) atoms. The van der Waals surface area contributed by atoms with Crippen molar-refractivity contribution in [3.05, 3.63) is 71.4 Å². The van der Waals surface area contributed by atoms with Crippen LogP contribution in [0.2, 0.25) is 0 Å². The Kier molecular flexibility index (Phi) is 6.15. The van der Waals surface area contributed by atoms with Gasteiger partial charge in [-0.1, -0.05) is 30.3 Å². The van der Waals surface area contributed by atoms with Gasteiger partial charge in [0.1, 0.15) is 5.75 Å². The molecule has 0 fully saturated rings. The van der Waals surface area contributed by atoms with Crippen LogP contribution in [0.15, 0.2) is 54.6 Å². The molecule has 4 aromatic rings. The Bertz CT molecular complexity index is 1350. The molecule has 176 valence electrons. The molecule has 1 unspecified atom stereocenters. The molecule has 0 aliphatic heterocycles. The van der Waals surface area contributed by atoms with Crippen molar-refractivity contribution < 1.29 is 19.4 Å². The molecule has 0 aliphatic rings. The maximum Gasteiger partial charge on any atom is 0.337 e. The van der Waals surface area contributed by atoms with Crippen LogP contribution in [0, 0.1) is 13.8 Å². The number of aryl methyl sites for hydroxylation is 2. The van der Waals surface area contributed by atoms with E-state index in [4.69, 9.17) is 19.6 Å². The fraction of sp³-hybridized carbons (Fsp3) is 0.296. The lowest BCUT2D eigenvalue weighted by Gasteiger charge is -2.27. The monoisotopic (exact) mass is 459 g/mol. The molecule has 2 heterocycles. The number of carboxylic acids is 1. The molecule has 0 spiro atoms. The van der Waals surface area contributed by atoms with Crippen molar-refractivity contribution in [1.82, 2.24) is 14.6 Å². The molecular formula is C27H29N3O4. The summed E-state index contributed by atoms with van der Waals surface area (Å²) in [7, 11) is 1.62. The number of ether oxygens (including phenoxy) is 2. The van der Waals surface area contributed by atoms with Gasteiger partial charge >= 0.3 is 5.97 Å². The average Bonchev–Trinajstić information content (AvgIpc) is 3.20. The molecule has 0 radical (unpaired) electrons. The van der Waals surface area contributed by atoms with Crippen LogP contribution in [0.1, 0.15) is 43.7 Å². The number of carbonyl (C=O) groups is 1. The van der Waals surface area contributed by atoms with Crippen LogP contribution in [0.3, 0.4) is 0 Å². The van der Waals surface area contributed by atoms with E-state index in [0.29, 0.717) is 22.6 Å². The minimum atomic E-state index is -1.22. The zero-order chi connectivity index (χ0) is 24.6. The Balaban J connectivity index is 2.06. The summed E-state index contributed by atoms with van der Waals surface area (Å²) in [6, 6.07) is 17.5. The second-order valence-electron chi connectivity index (χ2n) is 9.26. The van der Waals surface area contributed by atoms with E-state index < -0.39 is 17.7 Å². The number of nitrogens with zero attached hydrogens (tertiary/aromatic N) is 3. The number of hydrogen-bond acceptors (Lipinski definition) is 5. The van der Waals surface area contributed by atoms with Gasteiger partial charge in [0.25, 0.3) is 0 Å². The maximum absolute atomic E-state index is 12.4. The lowest BCUT2D eigenvalue weighted by molar-refractivity contribution is -0.160. The van der Waals surface area contributed by atoms with Crippen LogP contribution < -0.4 is 4.74 Å². The summed E-state index contributed by atoms with van der Waals surface area (Å²) in [6.45, 7) is 9.27. The van der Waals surface area contributed by atoms with Crippen molar-refractivity contribution in [2.24, 2.45) is 0 Å². The van der Waals surface area contributed by atoms with Crippen molar-refractivity contribution in [2.75, 3.05) is 7.11 Å². The maximum atomic E-state index is 12.4. The average molecular weight is 460 g/mol. The van der Waals surface area contributed by atoms with E-state index in [0.717, 1.165) is 28.1 Å². The van der Waals surface area contributed by atoms with E-state index in [-0.39, 0.29) is 0 Å². The smallest absolute Gasteiger partial charge is 0.337 e. The second kappa shape index (κ2) is 8.91. The van der Waals surface area contributed by atoms with Crippen molar-refractivity contribution in [2.45, 2.75) is 46.3 Å². The molecule has 4 rings (SSSR count). The first-order chi connectivity index (χ1) is 16.1. The van der Waals surface area contributed by atoms with Gasteiger partial charge in [0.2, 0.25) is 0 Å². The lowest BCUT2D eigenvalue weighted by atomic mass is 9.97. The molecular weight excluding hydrogens is 430 g/mol. The first kappa shape index (κ1) is 23.4. The quantitative estimate of drug-likeness (QED) is 0.402. The van der Waals surface area contributed by atoms with Crippen LogP contribution in [0.5, 0.6) is 5.75 Å². The first-order valence-electron chi connectivity index (χ1n) is 11.1. The minimum absolute atomic E-state index is 0.474. The predicted molar refractivity (Wildman–Crippen MR) is 131 cm³/mol. The van der Waals surface area contributed by atoms with Crippen LogP contribution in [0.4, 0.5) is 0 Å². The molecule has 0 saturated carbocycles. The molecule has 0 saturated heterocycles. The summed E-state index contributed by atoms with van der Waals surface area (Å²) in [5.74, 6) is -0.334. The fourth-order valence-electron chi connectivity index (χ4n) is 4.09. The molecule has 2 aromatic carbocycles. The highest BCUT2D eigenvalue weighted by molar-refractivity contribution is 5.81. The SMILES string of the molecule is COc1ccc(-c2c(C(OC(C)(C)C)C(=O)O)c(C)nc3cc(-c4ccccc4)nn23)cc1C. The second-order valence-corrected chi connectivity index (χ2v) is 9.26. The topological polar surface area (TPSA) is 86.0 Å². The van der Waals surface area contributed by atoms with Crippen molar-refractivity contribution in [1.29, 1.82) is 0 Å². The van der Waals surface area contributed by atoms with Crippen LogP contribution >= 0.6 is 0 Å². The summed E-state index contributed by atoms with van der Waals surface area (Å²) in [5.41, 5.74) is 5.05. The Morgan fingerprint density at radius 3 is 2.32 bits per heavy atom. The van der Waals surface area contributed by atoms with E-state index in [1.807, 2.05) is 89.2 Å². The van der Waals surface area contributed by atoms with Gasteiger partial charge in [-0.25, -0.2) is 14.3 Å². The van der Waals surface area contributed by atoms with E-state index in [1.165, 1.54) is 0 Å². The zero-order valence-electron chi connectivity index (χ0n) is 20.3. The third-order valence-corrected chi connectivity index (χ3v) is 5.53. The highest BCUT2D eigenvalue weighted by atomic mass is 16.5. The van der Waals surface area contributed by atoms with Crippen LogP contribution in [-0.4, -0.2) is 38.4 Å². The van der Waals surface area contributed by atoms with Gasteiger partial charge in [-0.3, -0.25) is 0 Å². The molecule has 7 heteroatoms. The van der Waals surface area contributed by atoms with Gasteiger partial charge in [-0.2, -0.15) is 5.10 Å². The molecule has 0 amide bonds. The van der Waals surface area contributed by atoms with Crippen LogP contribution in [-0.2, 0) is 9.53 Å². The highest BCUT2D eigenvalue weighted by Gasteiger charge is 2.33. The first-order valence-corrected chi connectivity index (χ1v) is 11.1. The number of hydrogen-bond donors (Lipinski definition) is 1. The Hall–Kier alpha value is -3.71. The van der Waals surface area contributed by atoms with Gasteiger partial charge in [0, 0.05) is 28.5 Å². The van der Waals surface area contributed by atoms with Crippen molar-refractivity contribution in [3.63, 3.8) is 0 Å². The van der Waals surface area contributed by atoms with E-state index >= 15 is 0 Å². The third kappa shape index (κ3) is 4.52. The molecule has 1 N–H and O–H groups in total. The number of aromatic nitrogens is 3. The number of fused-ring (bicyclic) bond motifs is 1. The molecule has 0 aliphatic carbocycles. The summed E-state index contributed by atoms with van der Waals surface area (Å²) in [5, 5.41) is 15.0. The Morgan fingerprint density at radius 2 is 1.74 bits per heavy atom. The number of rotatable bonds is 6. The summed E-state index contributed by atoms with van der Waals surface area (Å²) >= 11 is 0. The predicted octanol–water partition coefficient (Wildman–Crippen LogP) is 5.63. The highest BCUT2D eigenvalue weighted by Crippen LogP contribution is 2.37. The van der Waals surface area contributed by atoms with E-state index in [9.17, 15) is 9.90 Å². The normalized spacial score (nSPS) is 12.6. The van der Waals surface area contributed by atoms with Crippen molar-refractivity contribution in [3.8, 4) is 28.3 Å². The summed E-state index contributed by atoms with van der Waals surface area (Å²) < 4.78 is 13.2. The summed E-state index contributed by atoms with van der Waals surface area (Å²) in [4.78, 5) is 17.2. The fourth-order valence-corrected chi connectivity index (χ4v) is 4.09. The number of methoxy groups -OCH3 is 1. The van der Waals surface area contributed by atoms with Gasteiger partial charge < -0.3 is 14.6 Å². The van der Waals surface area contributed by atoms with Crippen LogP contribution in [0.25, 0.3) is 28.2 Å². The minimum Gasteiger partial charge on any atom is -0.496 e. The van der Waals surface area contributed by atoms with Gasteiger partial charge in [0.05, 0.1) is 24.1 Å².